The third-order valence-corrected chi connectivity index (χ3v) is 6.40. The van der Waals surface area contributed by atoms with Crippen molar-refractivity contribution in [3.63, 3.8) is 0 Å². The van der Waals surface area contributed by atoms with Gasteiger partial charge in [0.15, 0.2) is 9.84 Å². The van der Waals surface area contributed by atoms with Crippen molar-refractivity contribution in [3.8, 4) is 5.75 Å². The summed E-state index contributed by atoms with van der Waals surface area (Å²) >= 11 is 5.90. The van der Waals surface area contributed by atoms with Gasteiger partial charge in [-0.2, -0.15) is 0 Å². The molecule has 1 atom stereocenters. The number of sulfone groups is 1. The van der Waals surface area contributed by atoms with Gasteiger partial charge in [-0.05, 0) is 29.8 Å². The minimum atomic E-state index is -3.26. The third-order valence-electron chi connectivity index (χ3n) is 5.10. The molecule has 0 N–H and O–H groups in total. The van der Waals surface area contributed by atoms with E-state index in [0.717, 1.165) is 18.4 Å². The average Bonchev–Trinajstić information content (AvgIpc) is 2.77. The van der Waals surface area contributed by atoms with Crippen molar-refractivity contribution in [2.24, 2.45) is 0 Å². The van der Waals surface area contributed by atoms with Crippen LogP contribution in [-0.2, 0) is 21.2 Å². The fraction of sp³-hybridized carbons (Fsp3) is 0.409. The standard InChI is InChI=1S/C22H27ClN2O5S/c1-31(27,28)21-9-7-20(8-10-21)29-17-19-15-24(12-11-23)13-14-25(19)22(26)30-16-18-5-3-2-4-6-18/h2-10,19H,11-17H2,1H3/t19-/m0/s1. The molecular formula is C22H27ClN2O5S. The fourth-order valence-corrected chi connectivity index (χ4v) is 4.27. The van der Waals surface area contributed by atoms with Gasteiger partial charge in [-0.25, -0.2) is 13.2 Å². The maximum Gasteiger partial charge on any atom is 0.410 e. The topological polar surface area (TPSA) is 76.2 Å². The number of halogens is 1. The Morgan fingerprint density at radius 2 is 1.81 bits per heavy atom. The van der Waals surface area contributed by atoms with Crippen molar-refractivity contribution in [1.29, 1.82) is 0 Å². The van der Waals surface area contributed by atoms with Gasteiger partial charge < -0.3 is 9.47 Å². The van der Waals surface area contributed by atoms with Crippen molar-refractivity contribution >= 4 is 27.5 Å². The van der Waals surface area contributed by atoms with Crippen LogP contribution in [0.4, 0.5) is 4.79 Å². The second-order valence-electron chi connectivity index (χ2n) is 7.43. The van der Waals surface area contributed by atoms with Crippen LogP contribution in [0.3, 0.4) is 0 Å². The first-order valence-electron chi connectivity index (χ1n) is 10.1. The Labute approximate surface area is 188 Å². The van der Waals surface area contributed by atoms with Gasteiger partial charge in [0.2, 0.25) is 0 Å². The number of carbonyl (C=O) groups is 1. The van der Waals surface area contributed by atoms with Crippen molar-refractivity contribution in [1.82, 2.24) is 9.80 Å². The summed E-state index contributed by atoms with van der Waals surface area (Å²) in [7, 11) is -3.26. The molecule has 31 heavy (non-hydrogen) atoms. The van der Waals surface area contributed by atoms with Crippen molar-refractivity contribution in [2.45, 2.75) is 17.5 Å². The van der Waals surface area contributed by atoms with Crippen molar-refractivity contribution < 1.29 is 22.7 Å². The summed E-state index contributed by atoms with van der Waals surface area (Å²) in [6.45, 7) is 3.06. The molecule has 0 saturated carbocycles. The lowest BCUT2D eigenvalue weighted by molar-refractivity contribution is 0.0289. The van der Waals surface area contributed by atoms with Crippen molar-refractivity contribution in [2.75, 3.05) is 44.9 Å². The number of amides is 1. The number of hydrogen-bond donors (Lipinski definition) is 0. The molecule has 0 unspecified atom stereocenters. The first-order valence-corrected chi connectivity index (χ1v) is 12.5. The van der Waals surface area contributed by atoms with Gasteiger partial charge in [-0.1, -0.05) is 30.3 Å². The lowest BCUT2D eigenvalue weighted by atomic mass is 10.2. The quantitative estimate of drug-likeness (QED) is 0.556. The van der Waals surface area contributed by atoms with Gasteiger partial charge >= 0.3 is 6.09 Å². The first-order chi connectivity index (χ1) is 14.9. The van der Waals surface area contributed by atoms with Crippen LogP contribution < -0.4 is 4.74 Å². The summed E-state index contributed by atoms with van der Waals surface area (Å²) < 4.78 is 34.6. The number of piperazine rings is 1. The highest BCUT2D eigenvalue weighted by Gasteiger charge is 2.32. The van der Waals surface area contributed by atoms with Crippen LogP contribution >= 0.6 is 11.6 Å². The molecule has 2 aromatic rings. The lowest BCUT2D eigenvalue weighted by Gasteiger charge is -2.40. The molecule has 1 heterocycles. The highest BCUT2D eigenvalue weighted by atomic mass is 35.5. The molecule has 1 amide bonds. The Balaban J connectivity index is 1.63. The summed E-state index contributed by atoms with van der Waals surface area (Å²) in [5.41, 5.74) is 0.926. The predicted octanol–water partition coefficient (Wildman–Crippen LogP) is 3.03. The van der Waals surface area contributed by atoms with Gasteiger partial charge in [0.1, 0.15) is 19.0 Å². The van der Waals surface area contributed by atoms with Crippen LogP contribution in [0.25, 0.3) is 0 Å². The highest BCUT2D eigenvalue weighted by Crippen LogP contribution is 2.18. The van der Waals surface area contributed by atoms with Gasteiger partial charge in [0, 0.05) is 38.3 Å². The van der Waals surface area contributed by atoms with Crippen molar-refractivity contribution in [3.05, 3.63) is 60.2 Å². The van der Waals surface area contributed by atoms with Gasteiger partial charge in [-0.15, -0.1) is 11.6 Å². The molecule has 0 aliphatic carbocycles. The van der Waals surface area contributed by atoms with E-state index in [1.165, 1.54) is 12.1 Å². The van der Waals surface area contributed by atoms with E-state index < -0.39 is 9.84 Å². The monoisotopic (exact) mass is 466 g/mol. The number of benzene rings is 2. The molecule has 2 aromatic carbocycles. The molecule has 9 heteroatoms. The Hall–Kier alpha value is -2.29. The van der Waals surface area contributed by atoms with E-state index in [0.29, 0.717) is 31.3 Å². The van der Waals surface area contributed by atoms with E-state index in [9.17, 15) is 13.2 Å². The fourth-order valence-electron chi connectivity index (χ4n) is 3.40. The van der Waals surface area contributed by atoms with E-state index in [-0.39, 0.29) is 30.2 Å². The first kappa shape index (κ1) is 23.4. The molecule has 168 valence electrons. The van der Waals surface area contributed by atoms with E-state index in [4.69, 9.17) is 21.1 Å². The highest BCUT2D eigenvalue weighted by molar-refractivity contribution is 7.90. The summed E-state index contributed by atoms with van der Waals surface area (Å²) in [5, 5.41) is 0. The van der Waals surface area contributed by atoms with Crippen LogP contribution in [0, 0.1) is 0 Å². The molecule has 0 aromatic heterocycles. The maximum atomic E-state index is 12.7. The minimum absolute atomic E-state index is 0.210. The normalized spacial score (nSPS) is 17.4. The molecule has 3 rings (SSSR count). The molecule has 0 radical (unpaired) electrons. The van der Waals surface area contributed by atoms with Gasteiger partial charge in [-0.3, -0.25) is 9.80 Å². The molecule has 0 bridgehead atoms. The number of ether oxygens (including phenoxy) is 2. The Kier molecular flexibility index (Phi) is 8.17. The van der Waals surface area contributed by atoms with Crippen LogP contribution in [-0.4, -0.2) is 75.3 Å². The number of alkyl halides is 1. The number of hydrogen-bond acceptors (Lipinski definition) is 6. The molecular weight excluding hydrogens is 440 g/mol. The predicted molar refractivity (Wildman–Crippen MR) is 119 cm³/mol. The van der Waals surface area contributed by atoms with Crippen LogP contribution in [0.15, 0.2) is 59.5 Å². The average molecular weight is 467 g/mol. The summed E-state index contributed by atoms with van der Waals surface area (Å²) in [6, 6.07) is 15.6. The molecule has 1 fully saturated rings. The zero-order valence-electron chi connectivity index (χ0n) is 17.4. The molecule has 1 aliphatic rings. The smallest absolute Gasteiger partial charge is 0.410 e. The molecule has 1 saturated heterocycles. The number of rotatable bonds is 8. The summed E-state index contributed by atoms with van der Waals surface area (Å²) in [5.74, 6) is 1.05. The SMILES string of the molecule is CS(=O)(=O)c1ccc(OC[C@@H]2CN(CCCl)CCN2C(=O)OCc2ccccc2)cc1. The third kappa shape index (κ3) is 6.85. The molecule has 0 spiro atoms. The minimum Gasteiger partial charge on any atom is -0.491 e. The number of carbonyl (C=O) groups excluding carboxylic acids is 1. The van der Waals surface area contributed by atoms with Crippen LogP contribution in [0.1, 0.15) is 5.56 Å². The largest absolute Gasteiger partial charge is 0.491 e. The molecule has 1 aliphatic heterocycles. The zero-order chi connectivity index (χ0) is 22.3. The number of nitrogens with zero attached hydrogens (tertiary/aromatic N) is 2. The Morgan fingerprint density at radius 1 is 1.10 bits per heavy atom. The van der Waals surface area contributed by atoms with E-state index in [1.54, 1.807) is 17.0 Å². The zero-order valence-corrected chi connectivity index (χ0v) is 19.0. The van der Waals surface area contributed by atoms with Gasteiger partial charge in [0.05, 0.1) is 10.9 Å². The van der Waals surface area contributed by atoms with Gasteiger partial charge in [0.25, 0.3) is 0 Å². The Morgan fingerprint density at radius 3 is 2.45 bits per heavy atom. The van der Waals surface area contributed by atoms with Crippen LogP contribution in [0.2, 0.25) is 0 Å². The van der Waals surface area contributed by atoms with Crippen LogP contribution in [0.5, 0.6) is 5.75 Å². The maximum absolute atomic E-state index is 12.7. The van der Waals surface area contributed by atoms with E-state index in [2.05, 4.69) is 4.90 Å². The Bertz CT molecular complexity index is 954. The molecule has 7 nitrogen and oxygen atoms in total. The van der Waals surface area contributed by atoms with E-state index in [1.807, 2.05) is 30.3 Å². The van der Waals surface area contributed by atoms with E-state index >= 15 is 0 Å². The second kappa shape index (κ2) is 10.8. The second-order valence-corrected chi connectivity index (χ2v) is 9.83. The summed E-state index contributed by atoms with van der Waals surface area (Å²) in [6.07, 6.45) is 0.783. The lowest BCUT2D eigenvalue weighted by Crippen LogP contribution is -2.57. The summed E-state index contributed by atoms with van der Waals surface area (Å²) in [4.78, 5) is 16.9.